The minimum absolute atomic E-state index is 0.0316. The molecule has 4 heteroatoms. The maximum atomic E-state index is 11.3. The summed E-state index contributed by atoms with van der Waals surface area (Å²) in [5.74, 6) is -0.506. The van der Waals surface area contributed by atoms with Gasteiger partial charge in [-0.05, 0) is 24.2 Å². The Labute approximate surface area is 109 Å². The van der Waals surface area contributed by atoms with E-state index in [4.69, 9.17) is 5.11 Å². The van der Waals surface area contributed by atoms with E-state index in [1.165, 1.54) is 0 Å². The fourth-order valence-electron chi connectivity index (χ4n) is 1.90. The number of carbonyl (C=O) groups excluding carboxylic acids is 1. The lowest BCUT2D eigenvalue weighted by atomic mass is 9.76. The van der Waals surface area contributed by atoms with E-state index in [1.54, 1.807) is 6.08 Å². The fraction of sp³-hybridized carbons (Fsp3) is 0.714. The Balaban J connectivity index is 4.13. The van der Waals surface area contributed by atoms with Crippen molar-refractivity contribution in [3.63, 3.8) is 0 Å². The smallest absolute Gasteiger partial charge is 0.303 e. The Morgan fingerprint density at radius 3 is 2.39 bits per heavy atom. The molecule has 0 aliphatic rings. The molecule has 1 atom stereocenters. The highest BCUT2D eigenvalue weighted by atomic mass is 16.4. The molecule has 1 amide bonds. The second-order valence-electron chi connectivity index (χ2n) is 5.63. The van der Waals surface area contributed by atoms with E-state index in [0.717, 1.165) is 6.42 Å². The van der Waals surface area contributed by atoms with E-state index in [-0.39, 0.29) is 23.7 Å². The minimum Gasteiger partial charge on any atom is -0.481 e. The third-order valence-electron chi connectivity index (χ3n) is 3.08. The Hall–Kier alpha value is -1.32. The molecule has 0 fully saturated rings. The van der Waals surface area contributed by atoms with E-state index in [9.17, 15) is 9.59 Å². The highest BCUT2D eigenvalue weighted by Gasteiger charge is 2.24. The molecule has 0 aromatic heterocycles. The molecule has 1 unspecified atom stereocenters. The average molecular weight is 255 g/mol. The lowest BCUT2D eigenvalue weighted by Gasteiger charge is -2.30. The second-order valence-corrected chi connectivity index (χ2v) is 5.63. The number of amides is 1. The molecule has 0 aromatic carbocycles. The molecule has 0 aliphatic carbocycles. The normalized spacial score (nSPS) is 12.8. The summed E-state index contributed by atoms with van der Waals surface area (Å²) in [5, 5.41) is 11.5. The van der Waals surface area contributed by atoms with Gasteiger partial charge >= 0.3 is 5.97 Å². The van der Waals surface area contributed by atoms with Crippen molar-refractivity contribution in [1.82, 2.24) is 5.32 Å². The number of hydrogen-bond acceptors (Lipinski definition) is 2. The zero-order valence-electron chi connectivity index (χ0n) is 11.7. The van der Waals surface area contributed by atoms with Crippen LogP contribution in [0.15, 0.2) is 12.7 Å². The van der Waals surface area contributed by atoms with Crippen LogP contribution in [0.1, 0.15) is 46.5 Å². The molecule has 0 radical (unpaired) electrons. The molecule has 0 heterocycles. The van der Waals surface area contributed by atoms with Gasteiger partial charge in [-0.3, -0.25) is 9.59 Å². The molecule has 104 valence electrons. The minimum atomic E-state index is -0.764. The summed E-state index contributed by atoms with van der Waals surface area (Å²) in [7, 11) is 0. The lowest BCUT2D eigenvalue weighted by Crippen LogP contribution is -2.29. The Morgan fingerprint density at radius 1 is 1.33 bits per heavy atom. The summed E-state index contributed by atoms with van der Waals surface area (Å²) >= 11 is 0. The molecule has 0 saturated carbocycles. The van der Waals surface area contributed by atoms with E-state index >= 15 is 0 Å². The molecule has 0 spiro atoms. The van der Waals surface area contributed by atoms with Gasteiger partial charge in [-0.15, -0.1) is 6.58 Å². The van der Waals surface area contributed by atoms with Crippen LogP contribution in [0.4, 0.5) is 0 Å². The SMILES string of the molecule is C=CCC(=O)NCCC(CCC(=O)O)C(C)(C)C. The summed E-state index contributed by atoms with van der Waals surface area (Å²) in [5.41, 5.74) is 0.0542. The number of carbonyl (C=O) groups is 2. The summed E-state index contributed by atoms with van der Waals surface area (Å²) in [6.45, 7) is 10.4. The largest absolute Gasteiger partial charge is 0.481 e. The van der Waals surface area contributed by atoms with Gasteiger partial charge in [0.2, 0.25) is 5.91 Å². The third-order valence-corrected chi connectivity index (χ3v) is 3.08. The maximum Gasteiger partial charge on any atom is 0.303 e. The van der Waals surface area contributed by atoms with Crippen molar-refractivity contribution in [2.45, 2.75) is 46.5 Å². The number of aliphatic carboxylic acids is 1. The van der Waals surface area contributed by atoms with Crippen LogP contribution >= 0.6 is 0 Å². The monoisotopic (exact) mass is 255 g/mol. The van der Waals surface area contributed by atoms with Crippen molar-refractivity contribution in [1.29, 1.82) is 0 Å². The molecule has 18 heavy (non-hydrogen) atoms. The number of hydrogen-bond donors (Lipinski definition) is 2. The Bertz CT molecular complexity index is 292. The zero-order chi connectivity index (χ0) is 14.2. The standard InChI is InChI=1S/C14H25NO3/c1-5-6-12(16)15-10-9-11(14(2,3)4)7-8-13(17)18/h5,11H,1,6-10H2,2-4H3,(H,15,16)(H,17,18). The van der Waals surface area contributed by atoms with Gasteiger partial charge in [-0.2, -0.15) is 0 Å². The quantitative estimate of drug-likeness (QED) is 0.655. The first-order valence-electron chi connectivity index (χ1n) is 6.36. The van der Waals surface area contributed by atoms with Crippen LogP contribution in [0.3, 0.4) is 0 Å². The van der Waals surface area contributed by atoms with Gasteiger partial charge in [-0.25, -0.2) is 0 Å². The van der Waals surface area contributed by atoms with Crippen LogP contribution in [0.5, 0.6) is 0 Å². The predicted octanol–water partition coefficient (Wildman–Crippen LogP) is 2.60. The van der Waals surface area contributed by atoms with Crippen molar-refractivity contribution in [3.05, 3.63) is 12.7 Å². The molecular weight excluding hydrogens is 230 g/mol. The third kappa shape index (κ3) is 7.87. The molecule has 0 aliphatic heterocycles. The van der Waals surface area contributed by atoms with Crippen LogP contribution < -0.4 is 5.32 Å². The van der Waals surface area contributed by atoms with E-state index in [0.29, 0.717) is 19.4 Å². The van der Waals surface area contributed by atoms with Crippen molar-refractivity contribution in [2.24, 2.45) is 11.3 Å². The number of carboxylic acid groups (broad SMARTS) is 1. The molecular formula is C14H25NO3. The lowest BCUT2D eigenvalue weighted by molar-refractivity contribution is -0.137. The van der Waals surface area contributed by atoms with Gasteiger partial charge in [0, 0.05) is 19.4 Å². The van der Waals surface area contributed by atoms with Crippen LogP contribution in [-0.2, 0) is 9.59 Å². The topological polar surface area (TPSA) is 66.4 Å². The Morgan fingerprint density at radius 2 is 1.94 bits per heavy atom. The van der Waals surface area contributed by atoms with Crippen molar-refractivity contribution in [2.75, 3.05) is 6.54 Å². The van der Waals surface area contributed by atoms with Crippen LogP contribution in [0.25, 0.3) is 0 Å². The first-order chi connectivity index (χ1) is 8.27. The number of nitrogens with one attached hydrogen (secondary N) is 1. The predicted molar refractivity (Wildman–Crippen MR) is 72.3 cm³/mol. The van der Waals surface area contributed by atoms with Crippen molar-refractivity contribution < 1.29 is 14.7 Å². The van der Waals surface area contributed by atoms with E-state index in [2.05, 4.69) is 32.7 Å². The van der Waals surface area contributed by atoms with Crippen molar-refractivity contribution >= 4 is 11.9 Å². The maximum absolute atomic E-state index is 11.3. The molecule has 0 aromatic rings. The Kier molecular flexibility index (Phi) is 7.32. The van der Waals surface area contributed by atoms with Gasteiger partial charge in [0.25, 0.3) is 0 Å². The van der Waals surface area contributed by atoms with Crippen LogP contribution in [-0.4, -0.2) is 23.5 Å². The average Bonchev–Trinajstić information content (AvgIpc) is 2.21. The van der Waals surface area contributed by atoms with Gasteiger partial charge < -0.3 is 10.4 Å². The molecule has 0 rings (SSSR count). The van der Waals surface area contributed by atoms with E-state index < -0.39 is 5.97 Å². The summed E-state index contributed by atoms with van der Waals surface area (Å²) in [6.07, 6.45) is 3.54. The van der Waals surface area contributed by atoms with Gasteiger partial charge in [0.05, 0.1) is 0 Å². The zero-order valence-corrected chi connectivity index (χ0v) is 11.7. The first-order valence-corrected chi connectivity index (χ1v) is 6.36. The first kappa shape index (κ1) is 16.7. The number of carboxylic acids is 1. The fourth-order valence-corrected chi connectivity index (χ4v) is 1.90. The van der Waals surface area contributed by atoms with Crippen LogP contribution in [0, 0.1) is 11.3 Å². The van der Waals surface area contributed by atoms with Crippen molar-refractivity contribution in [3.8, 4) is 0 Å². The second kappa shape index (κ2) is 7.90. The highest BCUT2D eigenvalue weighted by Crippen LogP contribution is 2.32. The molecule has 0 saturated heterocycles. The molecule has 0 bridgehead atoms. The summed E-state index contributed by atoms with van der Waals surface area (Å²) in [4.78, 5) is 21.9. The van der Waals surface area contributed by atoms with Crippen LogP contribution in [0.2, 0.25) is 0 Å². The summed E-state index contributed by atoms with van der Waals surface area (Å²) < 4.78 is 0. The highest BCUT2D eigenvalue weighted by molar-refractivity contribution is 5.77. The molecule has 2 N–H and O–H groups in total. The van der Waals surface area contributed by atoms with Gasteiger partial charge in [0.15, 0.2) is 0 Å². The summed E-state index contributed by atoms with van der Waals surface area (Å²) in [6, 6.07) is 0. The van der Waals surface area contributed by atoms with Gasteiger partial charge in [-0.1, -0.05) is 26.8 Å². The van der Waals surface area contributed by atoms with Gasteiger partial charge in [0.1, 0.15) is 0 Å². The number of rotatable bonds is 8. The molecule has 4 nitrogen and oxygen atoms in total. The van der Waals surface area contributed by atoms with E-state index in [1.807, 2.05) is 0 Å².